The minimum absolute atomic E-state index is 0.0915. The number of aromatic nitrogens is 2. The molecule has 7 heteroatoms. The number of hydrogen-bond donors (Lipinski definition) is 1. The van der Waals surface area contributed by atoms with Crippen LogP contribution in [-0.2, 0) is 0 Å². The average molecular weight is 290 g/mol. The summed E-state index contributed by atoms with van der Waals surface area (Å²) in [5.41, 5.74) is 5.72. The number of likely N-dealkylation sites (N-methyl/N-ethyl adjacent to an activating group) is 1. The average Bonchev–Trinajstić information content (AvgIpc) is 2.49. The first-order chi connectivity index (χ1) is 10.1. The Hall–Kier alpha value is -2.70. The number of carbonyl (C=O) groups excluding carboxylic acids is 1. The standard InChI is InChI=1S/C14H15FN4O2/c1-19(14(20)12-13(16)18-7-6-17-12)8-9-21-11-4-2-10(15)3-5-11/h2-7H,8-9H2,1H3,(H2,16,18). The molecule has 21 heavy (non-hydrogen) atoms. The van der Waals surface area contributed by atoms with Crippen molar-refractivity contribution in [2.45, 2.75) is 0 Å². The Labute approximate surface area is 121 Å². The summed E-state index contributed by atoms with van der Waals surface area (Å²) in [5.74, 6) is -0.0267. The molecule has 6 nitrogen and oxygen atoms in total. The smallest absolute Gasteiger partial charge is 0.276 e. The van der Waals surface area contributed by atoms with Crippen molar-refractivity contribution >= 4 is 11.7 Å². The van der Waals surface area contributed by atoms with Gasteiger partial charge in [-0.25, -0.2) is 14.4 Å². The number of nitrogens with two attached hydrogens (primary N) is 1. The first-order valence-electron chi connectivity index (χ1n) is 6.28. The lowest BCUT2D eigenvalue weighted by atomic mass is 10.3. The van der Waals surface area contributed by atoms with Gasteiger partial charge in [0, 0.05) is 19.4 Å². The molecule has 1 amide bonds. The molecule has 110 valence electrons. The fourth-order valence-corrected chi connectivity index (χ4v) is 1.63. The van der Waals surface area contributed by atoms with E-state index in [1.807, 2.05) is 0 Å². The number of anilines is 1. The number of nitrogens with zero attached hydrogens (tertiary/aromatic N) is 3. The van der Waals surface area contributed by atoms with Crippen molar-refractivity contribution in [2.24, 2.45) is 0 Å². The maximum absolute atomic E-state index is 12.7. The Balaban J connectivity index is 1.87. The Morgan fingerprint density at radius 3 is 2.62 bits per heavy atom. The molecule has 2 aromatic rings. The van der Waals surface area contributed by atoms with Gasteiger partial charge in [0.1, 0.15) is 18.2 Å². The van der Waals surface area contributed by atoms with Crippen molar-refractivity contribution in [3.63, 3.8) is 0 Å². The zero-order valence-corrected chi connectivity index (χ0v) is 11.5. The van der Waals surface area contributed by atoms with E-state index in [1.54, 1.807) is 7.05 Å². The van der Waals surface area contributed by atoms with Crippen molar-refractivity contribution in [3.8, 4) is 5.75 Å². The van der Waals surface area contributed by atoms with Crippen LogP contribution in [-0.4, -0.2) is 41.0 Å². The molecule has 2 N–H and O–H groups in total. The quantitative estimate of drug-likeness (QED) is 0.899. The van der Waals surface area contributed by atoms with Crippen LogP contribution >= 0.6 is 0 Å². The maximum atomic E-state index is 12.7. The Morgan fingerprint density at radius 1 is 1.29 bits per heavy atom. The summed E-state index contributed by atoms with van der Waals surface area (Å²) in [6.07, 6.45) is 2.83. The molecular weight excluding hydrogens is 275 g/mol. The van der Waals surface area contributed by atoms with E-state index in [9.17, 15) is 9.18 Å². The molecule has 0 bridgehead atoms. The van der Waals surface area contributed by atoms with Gasteiger partial charge in [0.15, 0.2) is 11.5 Å². The SMILES string of the molecule is CN(CCOc1ccc(F)cc1)C(=O)c1nccnc1N. The summed E-state index contributed by atoms with van der Waals surface area (Å²) in [6.45, 7) is 0.611. The molecule has 0 unspecified atom stereocenters. The van der Waals surface area contributed by atoms with Crippen molar-refractivity contribution in [2.75, 3.05) is 25.9 Å². The summed E-state index contributed by atoms with van der Waals surface area (Å²) in [6, 6.07) is 5.67. The van der Waals surface area contributed by atoms with Gasteiger partial charge in [-0.3, -0.25) is 4.79 Å². The summed E-state index contributed by atoms with van der Waals surface area (Å²) in [7, 11) is 1.62. The first-order valence-corrected chi connectivity index (χ1v) is 6.28. The fraction of sp³-hybridized carbons (Fsp3) is 0.214. The lowest BCUT2D eigenvalue weighted by Gasteiger charge is -2.17. The van der Waals surface area contributed by atoms with Gasteiger partial charge in [0.2, 0.25) is 0 Å². The molecule has 2 rings (SSSR count). The lowest BCUT2D eigenvalue weighted by Crippen LogP contribution is -2.32. The molecule has 1 heterocycles. The van der Waals surface area contributed by atoms with E-state index in [4.69, 9.17) is 10.5 Å². The summed E-state index contributed by atoms with van der Waals surface area (Å²) >= 11 is 0. The monoisotopic (exact) mass is 290 g/mol. The third-order valence-corrected chi connectivity index (χ3v) is 2.78. The molecule has 0 aliphatic rings. The van der Waals surface area contributed by atoms with Crippen LogP contribution in [0.3, 0.4) is 0 Å². The van der Waals surface area contributed by atoms with Crippen molar-refractivity contribution in [3.05, 3.63) is 48.2 Å². The van der Waals surface area contributed by atoms with Crippen LogP contribution in [0.25, 0.3) is 0 Å². The molecular formula is C14H15FN4O2. The van der Waals surface area contributed by atoms with E-state index in [0.29, 0.717) is 12.3 Å². The molecule has 1 aromatic heterocycles. The third-order valence-electron chi connectivity index (χ3n) is 2.78. The number of amides is 1. The first kappa shape index (κ1) is 14.7. The number of rotatable bonds is 5. The van der Waals surface area contributed by atoms with E-state index < -0.39 is 0 Å². The van der Waals surface area contributed by atoms with Crippen LogP contribution in [0.2, 0.25) is 0 Å². The van der Waals surface area contributed by atoms with Gasteiger partial charge in [-0.2, -0.15) is 0 Å². The predicted molar refractivity (Wildman–Crippen MR) is 75.3 cm³/mol. The topological polar surface area (TPSA) is 81.3 Å². The minimum atomic E-state index is -0.330. The number of hydrogen-bond acceptors (Lipinski definition) is 5. The van der Waals surface area contributed by atoms with E-state index in [1.165, 1.54) is 41.6 Å². The van der Waals surface area contributed by atoms with Crippen molar-refractivity contribution in [1.29, 1.82) is 0 Å². The van der Waals surface area contributed by atoms with Crippen molar-refractivity contribution < 1.29 is 13.9 Å². The molecule has 0 aliphatic carbocycles. The Bertz CT molecular complexity index is 619. The summed E-state index contributed by atoms with van der Waals surface area (Å²) < 4.78 is 18.2. The Morgan fingerprint density at radius 2 is 1.95 bits per heavy atom. The van der Waals surface area contributed by atoms with Gasteiger partial charge >= 0.3 is 0 Å². The van der Waals surface area contributed by atoms with E-state index in [-0.39, 0.29) is 29.8 Å². The summed E-state index contributed by atoms with van der Waals surface area (Å²) in [4.78, 5) is 21.3. The predicted octanol–water partition coefficient (Wildman–Crippen LogP) is 1.35. The van der Waals surface area contributed by atoms with E-state index >= 15 is 0 Å². The second-order valence-corrected chi connectivity index (χ2v) is 4.32. The van der Waals surface area contributed by atoms with Crippen LogP contribution < -0.4 is 10.5 Å². The molecule has 0 radical (unpaired) electrons. The van der Waals surface area contributed by atoms with Gasteiger partial charge in [-0.15, -0.1) is 0 Å². The summed E-state index contributed by atoms with van der Waals surface area (Å²) in [5, 5.41) is 0. The van der Waals surface area contributed by atoms with E-state index in [2.05, 4.69) is 9.97 Å². The van der Waals surface area contributed by atoms with Gasteiger partial charge in [-0.1, -0.05) is 0 Å². The van der Waals surface area contributed by atoms with Crippen LogP contribution in [0, 0.1) is 5.82 Å². The number of benzene rings is 1. The van der Waals surface area contributed by atoms with Crippen LogP contribution in [0.1, 0.15) is 10.5 Å². The molecule has 0 spiro atoms. The molecule has 0 fully saturated rings. The molecule has 0 saturated carbocycles. The van der Waals surface area contributed by atoms with E-state index in [0.717, 1.165) is 0 Å². The minimum Gasteiger partial charge on any atom is -0.492 e. The number of ether oxygens (including phenoxy) is 1. The highest BCUT2D eigenvalue weighted by Crippen LogP contribution is 2.11. The van der Waals surface area contributed by atoms with Crippen molar-refractivity contribution in [1.82, 2.24) is 14.9 Å². The number of carbonyl (C=O) groups is 1. The molecule has 0 aliphatic heterocycles. The zero-order chi connectivity index (χ0) is 15.2. The lowest BCUT2D eigenvalue weighted by molar-refractivity contribution is 0.0769. The highest BCUT2D eigenvalue weighted by molar-refractivity contribution is 5.96. The van der Waals surface area contributed by atoms with Crippen LogP contribution in [0.4, 0.5) is 10.2 Å². The highest BCUT2D eigenvalue weighted by atomic mass is 19.1. The number of nitrogen functional groups attached to an aromatic ring is 1. The van der Waals surface area contributed by atoms with Crippen LogP contribution in [0.5, 0.6) is 5.75 Å². The Kier molecular flexibility index (Phi) is 4.65. The van der Waals surface area contributed by atoms with Gasteiger partial charge in [0.25, 0.3) is 5.91 Å². The van der Waals surface area contributed by atoms with Gasteiger partial charge in [-0.05, 0) is 24.3 Å². The van der Waals surface area contributed by atoms with Gasteiger partial charge in [0.05, 0.1) is 6.54 Å². The molecule has 0 atom stereocenters. The van der Waals surface area contributed by atoms with Crippen LogP contribution in [0.15, 0.2) is 36.7 Å². The largest absolute Gasteiger partial charge is 0.492 e. The highest BCUT2D eigenvalue weighted by Gasteiger charge is 2.16. The zero-order valence-electron chi connectivity index (χ0n) is 11.5. The molecule has 1 aromatic carbocycles. The third kappa shape index (κ3) is 3.88. The van der Waals surface area contributed by atoms with Gasteiger partial charge < -0.3 is 15.4 Å². The molecule has 0 saturated heterocycles. The maximum Gasteiger partial charge on any atom is 0.276 e. The second kappa shape index (κ2) is 6.65. The second-order valence-electron chi connectivity index (χ2n) is 4.32. The normalized spacial score (nSPS) is 10.2. The fourth-order valence-electron chi connectivity index (χ4n) is 1.63. The number of halogens is 1.